The van der Waals surface area contributed by atoms with Gasteiger partial charge in [-0.2, -0.15) is 0 Å². The van der Waals surface area contributed by atoms with Crippen molar-refractivity contribution < 1.29 is 18.3 Å². The quantitative estimate of drug-likeness (QED) is 0.515. The van der Waals surface area contributed by atoms with Gasteiger partial charge in [0.25, 0.3) is 0 Å². The molecule has 0 aliphatic heterocycles. The van der Waals surface area contributed by atoms with Crippen molar-refractivity contribution in [3.05, 3.63) is 63.8 Å². The molecule has 0 fully saturated rings. The van der Waals surface area contributed by atoms with Gasteiger partial charge in [0.2, 0.25) is 0 Å². The molecule has 30 heavy (non-hydrogen) atoms. The van der Waals surface area contributed by atoms with Gasteiger partial charge in [-0.05, 0) is 51.0 Å². The second kappa shape index (κ2) is 8.46. The third-order valence-electron chi connectivity index (χ3n) is 4.33. The normalized spacial score (nSPS) is 12.8. The molecular formula is C22H20Cl2F2N2O2. The average molecular weight is 453 g/mol. The summed E-state index contributed by atoms with van der Waals surface area (Å²) in [5.74, 6) is -1.69. The Morgan fingerprint density at radius 3 is 2.37 bits per heavy atom. The zero-order valence-electron chi connectivity index (χ0n) is 16.6. The van der Waals surface area contributed by atoms with Crippen LogP contribution in [-0.4, -0.2) is 22.6 Å². The molecule has 0 unspecified atom stereocenters. The minimum Gasteiger partial charge on any atom is -0.459 e. The number of aromatic nitrogens is 1. The molecule has 2 N–H and O–H groups in total. The van der Waals surface area contributed by atoms with Crippen LogP contribution in [0.25, 0.3) is 22.0 Å². The first-order chi connectivity index (χ1) is 14.0. The molecule has 1 atom stereocenters. The predicted molar refractivity (Wildman–Crippen MR) is 115 cm³/mol. The fourth-order valence-corrected chi connectivity index (χ4v) is 3.79. The van der Waals surface area contributed by atoms with E-state index in [0.29, 0.717) is 27.6 Å². The van der Waals surface area contributed by atoms with Gasteiger partial charge in [0.05, 0.1) is 21.8 Å². The second-order valence-electron chi connectivity index (χ2n) is 7.91. The van der Waals surface area contributed by atoms with Crippen LogP contribution in [0.3, 0.4) is 0 Å². The Hall–Kier alpha value is -2.28. The summed E-state index contributed by atoms with van der Waals surface area (Å²) in [5.41, 5.74) is 7.25. The van der Waals surface area contributed by atoms with E-state index in [4.69, 9.17) is 33.7 Å². The molecule has 0 bridgehead atoms. The Balaban J connectivity index is 2.09. The molecule has 0 amide bonds. The number of pyridine rings is 1. The number of esters is 1. The molecular weight excluding hydrogens is 433 g/mol. The zero-order valence-corrected chi connectivity index (χ0v) is 18.1. The topological polar surface area (TPSA) is 65.2 Å². The van der Waals surface area contributed by atoms with Gasteiger partial charge in [-0.25, -0.2) is 8.78 Å². The first kappa shape index (κ1) is 22.4. The fourth-order valence-electron chi connectivity index (χ4n) is 3.13. The Morgan fingerprint density at radius 2 is 1.77 bits per heavy atom. The fraction of sp³-hybridized carbons (Fsp3) is 0.273. The van der Waals surface area contributed by atoms with Gasteiger partial charge in [0, 0.05) is 16.5 Å². The summed E-state index contributed by atoms with van der Waals surface area (Å²) in [6, 6.07) is 6.03. The number of hydrogen-bond donors (Lipinski definition) is 1. The smallest absolute Gasteiger partial charge is 0.323 e. The number of carbonyl (C=O) groups excluding carboxylic acids is 1. The van der Waals surface area contributed by atoms with Crippen LogP contribution in [0, 0.1) is 11.6 Å². The lowest BCUT2D eigenvalue weighted by Crippen LogP contribution is -2.38. The summed E-state index contributed by atoms with van der Waals surface area (Å²) in [5, 5.41) is 0.652. The summed E-state index contributed by atoms with van der Waals surface area (Å²) in [6.45, 7) is 5.24. The van der Waals surface area contributed by atoms with E-state index < -0.39 is 29.2 Å². The average Bonchev–Trinajstić information content (AvgIpc) is 2.60. The van der Waals surface area contributed by atoms with Gasteiger partial charge in [0.1, 0.15) is 23.3 Å². The molecule has 2 aromatic carbocycles. The van der Waals surface area contributed by atoms with E-state index in [9.17, 15) is 13.6 Å². The lowest BCUT2D eigenvalue weighted by atomic mass is 9.95. The van der Waals surface area contributed by atoms with Gasteiger partial charge in [-0.15, -0.1) is 0 Å². The highest BCUT2D eigenvalue weighted by Gasteiger charge is 2.24. The van der Waals surface area contributed by atoms with Crippen LogP contribution in [0.5, 0.6) is 0 Å². The predicted octanol–water partition coefficient (Wildman–Crippen LogP) is 5.70. The van der Waals surface area contributed by atoms with E-state index in [1.165, 1.54) is 6.07 Å². The molecule has 3 rings (SSSR count). The highest BCUT2D eigenvalue weighted by Crippen LogP contribution is 2.39. The Kier molecular flexibility index (Phi) is 6.32. The third-order valence-corrected chi connectivity index (χ3v) is 4.93. The van der Waals surface area contributed by atoms with E-state index >= 15 is 0 Å². The summed E-state index contributed by atoms with van der Waals surface area (Å²) >= 11 is 12.4. The van der Waals surface area contributed by atoms with E-state index in [0.717, 1.165) is 18.3 Å². The minimum absolute atomic E-state index is 0.102. The molecule has 8 heteroatoms. The Morgan fingerprint density at radius 1 is 1.13 bits per heavy atom. The molecule has 3 aromatic rings. The summed E-state index contributed by atoms with van der Waals surface area (Å²) in [4.78, 5) is 16.5. The van der Waals surface area contributed by atoms with Crippen LogP contribution >= 0.6 is 23.2 Å². The minimum atomic E-state index is -0.945. The maximum absolute atomic E-state index is 14.0. The Labute approximate surface area is 182 Å². The number of ether oxygens (including phenoxy) is 1. The molecule has 0 saturated heterocycles. The van der Waals surface area contributed by atoms with Crippen LogP contribution in [0.4, 0.5) is 8.78 Å². The van der Waals surface area contributed by atoms with Crippen molar-refractivity contribution in [1.82, 2.24) is 4.98 Å². The van der Waals surface area contributed by atoms with Crippen molar-refractivity contribution in [1.29, 1.82) is 0 Å². The van der Waals surface area contributed by atoms with Crippen molar-refractivity contribution in [3.8, 4) is 11.1 Å². The first-order valence-electron chi connectivity index (χ1n) is 9.17. The number of rotatable bonds is 4. The van der Waals surface area contributed by atoms with Gasteiger partial charge in [-0.1, -0.05) is 35.3 Å². The van der Waals surface area contributed by atoms with E-state index in [1.807, 2.05) is 0 Å². The van der Waals surface area contributed by atoms with Crippen LogP contribution in [0.1, 0.15) is 26.3 Å². The van der Waals surface area contributed by atoms with Crippen LogP contribution in [0.2, 0.25) is 10.0 Å². The van der Waals surface area contributed by atoms with Crippen molar-refractivity contribution in [3.63, 3.8) is 0 Å². The number of nitrogens with zero attached hydrogens (tertiary/aromatic N) is 1. The lowest BCUT2D eigenvalue weighted by Gasteiger charge is -2.22. The van der Waals surface area contributed by atoms with Crippen molar-refractivity contribution in [2.24, 2.45) is 5.73 Å². The highest BCUT2D eigenvalue weighted by atomic mass is 35.5. The van der Waals surface area contributed by atoms with Gasteiger partial charge in [-0.3, -0.25) is 9.78 Å². The summed E-state index contributed by atoms with van der Waals surface area (Å²) < 4.78 is 32.9. The molecule has 1 aromatic heterocycles. The van der Waals surface area contributed by atoms with Crippen molar-refractivity contribution in [2.75, 3.05) is 0 Å². The maximum Gasteiger partial charge on any atom is 0.323 e. The molecule has 0 aliphatic carbocycles. The first-order valence-corrected chi connectivity index (χ1v) is 9.92. The number of fused-ring (bicyclic) bond motifs is 1. The summed E-state index contributed by atoms with van der Waals surface area (Å²) in [7, 11) is 0. The molecule has 1 heterocycles. The lowest BCUT2D eigenvalue weighted by molar-refractivity contribution is -0.156. The van der Waals surface area contributed by atoms with E-state index in [2.05, 4.69) is 4.98 Å². The van der Waals surface area contributed by atoms with E-state index in [-0.39, 0.29) is 16.5 Å². The SMILES string of the molecule is CC(C)(C)OC(=O)[C@@H](N)Cc1ccc(-c2c(Cl)cc(F)cc2Cl)c2ncc(F)cc12. The molecule has 0 spiro atoms. The van der Waals surface area contributed by atoms with Crippen LogP contribution in [-0.2, 0) is 16.0 Å². The van der Waals surface area contributed by atoms with Crippen LogP contribution < -0.4 is 5.73 Å². The molecule has 0 radical (unpaired) electrons. The number of carbonyl (C=O) groups is 1. The molecule has 0 saturated carbocycles. The third kappa shape index (κ3) is 4.89. The number of nitrogens with two attached hydrogens (primary N) is 1. The second-order valence-corrected chi connectivity index (χ2v) is 8.72. The number of hydrogen-bond acceptors (Lipinski definition) is 4. The number of benzene rings is 2. The van der Waals surface area contributed by atoms with Gasteiger partial charge in [0.15, 0.2) is 0 Å². The summed E-state index contributed by atoms with van der Waals surface area (Å²) in [6.07, 6.45) is 1.18. The standard InChI is InChI=1S/C22H20Cl2F2N2O2/c1-22(2,3)30-21(29)18(27)6-11-4-5-14(20-15(11)7-13(26)10-28-20)19-16(23)8-12(25)9-17(19)24/h4-5,7-10,18H,6,27H2,1-3H3/t18-/m0/s1. The van der Waals surface area contributed by atoms with E-state index in [1.54, 1.807) is 32.9 Å². The number of halogens is 4. The maximum atomic E-state index is 14.0. The van der Waals surface area contributed by atoms with Gasteiger partial charge >= 0.3 is 5.97 Å². The molecule has 4 nitrogen and oxygen atoms in total. The molecule has 0 aliphatic rings. The van der Waals surface area contributed by atoms with Crippen molar-refractivity contribution >= 4 is 40.1 Å². The van der Waals surface area contributed by atoms with Gasteiger partial charge < -0.3 is 10.5 Å². The van der Waals surface area contributed by atoms with Crippen LogP contribution in [0.15, 0.2) is 36.5 Å². The zero-order chi connectivity index (χ0) is 22.2. The molecule has 158 valence electrons. The highest BCUT2D eigenvalue weighted by molar-refractivity contribution is 6.39. The largest absolute Gasteiger partial charge is 0.459 e. The Bertz CT molecular complexity index is 1110. The monoisotopic (exact) mass is 452 g/mol. The van der Waals surface area contributed by atoms with Crippen molar-refractivity contribution in [2.45, 2.75) is 38.8 Å².